The van der Waals surface area contributed by atoms with E-state index < -0.39 is 0 Å². The largest absolute Gasteiger partial charge is 0.310 e. The number of para-hydroxylation sites is 3. The van der Waals surface area contributed by atoms with E-state index in [1.54, 1.807) is 0 Å². The maximum atomic E-state index is 2.38. The smallest absolute Gasteiger partial charge is 0.0542 e. The van der Waals surface area contributed by atoms with Crippen LogP contribution >= 0.6 is 0 Å². The fourth-order valence-corrected chi connectivity index (χ4v) is 8.72. The SMILES string of the molecule is c1ccc(N(c2ccc3c(-c4cccc5c4ccc4c6ccccc6ccc54)cccc3c2)c2ccc3c(c2)c2ccccc2n3-c2ccccc2)cc1. The van der Waals surface area contributed by atoms with E-state index in [1.807, 2.05) is 0 Å². The van der Waals surface area contributed by atoms with Gasteiger partial charge in [0.1, 0.15) is 0 Å². The Morgan fingerprint density at radius 2 is 0.833 bits per heavy atom. The van der Waals surface area contributed by atoms with E-state index >= 15 is 0 Å². The fourth-order valence-electron chi connectivity index (χ4n) is 8.72. The maximum Gasteiger partial charge on any atom is 0.0542 e. The van der Waals surface area contributed by atoms with Gasteiger partial charge in [0.2, 0.25) is 0 Å². The first-order valence-electron chi connectivity index (χ1n) is 18.6. The van der Waals surface area contributed by atoms with Gasteiger partial charge in [0.15, 0.2) is 0 Å². The lowest BCUT2D eigenvalue weighted by Crippen LogP contribution is -2.09. The van der Waals surface area contributed by atoms with Crippen molar-refractivity contribution in [2.45, 2.75) is 0 Å². The molecule has 1 heterocycles. The molecular formula is C52H34N2. The molecule has 2 nitrogen and oxygen atoms in total. The summed E-state index contributed by atoms with van der Waals surface area (Å²) in [6.07, 6.45) is 0. The minimum absolute atomic E-state index is 1.12. The van der Waals surface area contributed by atoms with Crippen LogP contribution in [0.2, 0.25) is 0 Å². The molecule has 10 aromatic carbocycles. The molecule has 0 amide bonds. The molecule has 1 aromatic heterocycles. The Kier molecular flexibility index (Phi) is 6.90. The first kappa shape index (κ1) is 30.5. The van der Waals surface area contributed by atoms with E-state index in [4.69, 9.17) is 0 Å². The topological polar surface area (TPSA) is 8.17 Å². The Bertz CT molecular complexity index is 3210. The van der Waals surface area contributed by atoms with Crippen LogP contribution in [-0.4, -0.2) is 4.57 Å². The third kappa shape index (κ3) is 4.74. The molecule has 0 unspecified atom stereocenters. The van der Waals surface area contributed by atoms with Crippen molar-refractivity contribution in [3.8, 4) is 16.8 Å². The van der Waals surface area contributed by atoms with Crippen molar-refractivity contribution in [1.29, 1.82) is 0 Å². The number of anilines is 3. The standard InChI is InChI=1S/C52H34N2/c1-3-15-37(16-4-1)53(40-27-32-52-50(34-40)49-20-9-10-24-51(49)54(52)38-17-5-2-6-18-38)39-26-29-42-36(33-39)14-11-21-43(42)44-22-12-23-45-47-28-25-35-13-7-8-19-41(35)46(47)30-31-48(44)45/h1-34H. The Hall–Kier alpha value is -7.16. The highest BCUT2D eigenvalue weighted by Crippen LogP contribution is 2.43. The summed E-state index contributed by atoms with van der Waals surface area (Å²) in [6, 6.07) is 75.2. The molecule has 0 aliphatic heterocycles. The van der Waals surface area contributed by atoms with Crippen molar-refractivity contribution in [1.82, 2.24) is 4.57 Å². The van der Waals surface area contributed by atoms with Crippen molar-refractivity contribution < 1.29 is 0 Å². The maximum absolute atomic E-state index is 2.38. The zero-order valence-electron chi connectivity index (χ0n) is 29.5. The molecule has 0 saturated heterocycles. The van der Waals surface area contributed by atoms with Crippen LogP contribution in [0.15, 0.2) is 206 Å². The second kappa shape index (κ2) is 12.2. The van der Waals surface area contributed by atoms with Gasteiger partial charge in [-0.25, -0.2) is 0 Å². The van der Waals surface area contributed by atoms with Gasteiger partial charge < -0.3 is 9.47 Å². The minimum atomic E-state index is 1.12. The second-order valence-electron chi connectivity index (χ2n) is 14.1. The summed E-state index contributed by atoms with van der Waals surface area (Å²) in [5, 5.41) is 12.6. The zero-order valence-corrected chi connectivity index (χ0v) is 29.5. The molecular weight excluding hydrogens is 653 g/mol. The molecule has 0 aliphatic rings. The average molecular weight is 687 g/mol. The molecule has 0 aliphatic carbocycles. The van der Waals surface area contributed by atoms with Crippen LogP contribution in [0.1, 0.15) is 0 Å². The van der Waals surface area contributed by atoms with Crippen LogP contribution in [0.3, 0.4) is 0 Å². The Morgan fingerprint density at radius 3 is 1.70 bits per heavy atom. The molecule has 0 spiro atoms. The molecule has 0 atom stereocenters. The third-order valence-electron chi connectivity index (χ3n) is 11.1. The number of hydrogen-bond donors (Lipinski definition) is 0. The number of aromatic nitrogens is 1. The van der Waals surface area contributed by atoms with Crippen LogP contribution in [-0.2, 0) is 0 Å². The Balaban J connectivity index is 1.07. The molecule has 0 radical (unpaired) electrons. The predicted octanol–water partition coefficient (Wildman–Crippen LogP) is 14.5. The van der Waals surface area contributed by atoms with E-state index in [9.17, 15) is 0 Å². The number of nitrogens with zero attached hydrogens (tertiary/aromatic N) is 2. The van der Waals surface area contributed by atoms with Gasteiger partial charge in [-0.2, -0.15) is 0 Å². The molecule has 11 aromatic rings. The van der Waals surface area contributed by atoms with Crippen LogP contribution in [0.4, 0.5) is 17.1 Å². The first-order valence-corrected chi connectivity index (χ1v) is 18.6. The van der Waals surface area contributed by atoms with Crippen molar-refractivity contribution >= 4 is 82.0 Å². The summed E-state index contributed by atoms with van der Waals surface area (Å²) in [4.78, 5) is 2.38. The van der Waals surface area contributed by atoms with Gasteiger partial charge in [-0.15, -0.1) is 0 Å². The van der Waals surface area contributed by atoms with Gasteiger partial charge in [-0.1, -0.05) is 146 Å². The molecule has 11 rings (SSSR count). The fraction of sp³-hybridized carbons (Fsp3) is 0. The molecule has 0 saturated carbocycles. The van der Waals surface area contributed by atoms with Gasteiger partial charge in [0.25, 0.3) is 0 Å². The van der Waals surface area contributed by atoms with E-state index in [1.165, 1.54) is 76.0 Å². The summed E-state index contributed by atoms with van der Waals surface area (Å²) >= 11 is 0. The van der Waals surface area contributed by atoms with E-state index in [-0.39, 0.29) is 0 Å². The van der Waals surface area contributed by atoms with Gasteiger partial charge in [0.05, 0.1) is 11.0 Å². The minimum Gasteiger partial charge on any atom is -0.310 e. The summed E-state index contributed by atoms with van der Waals surface area (Å²) in [7, 11) is 0. The quantitative estimate of drug-likeness (QED) is 0.164. The van der Waals surface area contributed by atoms with Gasteiger partial charge >= 0.3 is 0 Å². The van der Waals surface area contributed by atoms with Crippen molar-refractivity contribution in [2.24, 2.45) is 0 Å². The molecule has 252 valence electrons. The predicted molar refractivity (Wildman–Crippen MR) is 231 cm³/mol. The highest BCUT2D eigenvalue weighted by atomic mass is 15.1. The average Bonchev–Trinajstić information content (AvgIpc) is 3.57. The molecule has 54 heavy (non-hydrogen) atoms. The summed E-state index contributed by atoms with van der Waals surface area (Å²) in [5.74, 6) is 0. The van der Waals surface area contributed by atoms with E-state index in [0.29, 0.717) is 0 Å². The van der Waals surface area contributed by atoms with Crippen LogP contribution in [0.5, 0.6) is 0 Å². The lowest BCUT2D eigenvalue weighted by atomic mass is 9.90. The summed E-state index contributed by atoms with van der Waals surface area (Å²) in [6.45, 7) is 0. The molecule has 0 N–H and O–H groups in total. The number of hydrogen-bond acceptors (Lipinski definition) is 1. The molecule has 0 fully saturated rings. The number of rotatable bonds is 5. The third-order valence-corrected chi connectivity index (χ3v) is 11.1. The van der Waals surface area contributed by atoms with Crippen LogP contribution < -0.4 is 4.90 Å². The highest BCUT2D eigenvalue weighted by Gasteiger charge is 2.18. The van der Waals surface area contributed by atoms with E-state index in [2.05, 4.69) is 216 Å². The van der Waals surface area contributed by atoms with E-state index in [0.717, 1.165) is 22.7 Å². The first-order chi connectivity index (χ1) is 26.8. The monoisotopic (exact) mass is 686 g/mol. The summed E-state index contributed by atoms with van der Waals surface area (Å²) in [5.41, 5.74) is 9.41. The highest BCUT2D eigenvalue weighted by molar-refractivity contribution is 6.20. The van der Waals surface area contributed by atoms with Crippen molar-refractivity contribution in [3.63, 3.8) is 0 Å². The van der Waals surface area contributed by atoms with Crippen molar-refractivity contribution in [2.75, 3.05) is 4.90 Å². The van der Waals surface area contributed by atoms with Gasteiger partial charge in [0, 0.05) is 33.5 Å². The van der Waals surface area contributed by atoms with Crippen LogP contribution in [0.25, 0.3) is 81.7 Å². The van der Waals surface area contributed by atoms with Crippen molar-refractivity contribution in [3.05, 3.63) is 206 Å². The molecule has 0 bridgehead atoms. The van der Waals surface area contributed by atoms with Gasteiger partial charge in [-0.05, 0) is 115 Å². The van der Waals surface area contributed by atoms with Crippen LogP contribution in [0, 0.1) is 0 Å². The number of benzene rings is 10. The second-order valence-corrected chi connectivity index (χ2v) is 14.1. The lowest BCUT2D eigenvalue weighted by Gasteiger charge is -2.26. The number of fused-ring (bicyclic) bond motifs is 9. The normalized spacial score (nSPS) is 11.7. The molecule has 2 heteroatoms. The Labute approximate surface area is 313 Å². The summed E-state index contributed by atoms with van der Waals surface area (Å²) < 4.78 is 2.37. The lowest BCUT2D eigenvalue weighted by molar-refractivity contribution is 1.18. The Morgan fingerprint density at radius 1 is 0.278 bits per heavy atom. The zero-order chi connectivity index (χ0) is 35.6. The van der Waals surface area contributed by atoms with Gasteiger partial charge in [-0.3, -0.25) is 0 Å².